The smallest absolute Gasteiger partial charge is 0.308 e. The van der Waals surface area contributed by atoms with E-state index < -0.39 is 8.32 Å². The molecule has 0 heterocycles. The summed E-state index contributed by atoms with van der Waals surface area (Å²) in [5.74, 6) is -0.111. The molecule has 1 unspecified atom stereocenters. The van der Waals surface area contributed by atoms with Crippen LogP contribution in [0.1, 0.15) is 60.3 Å². The molecule has 2 aromatic rings. The monoisotopic (exact) mass is 602 g/mol. The highest BCUT2D eigenvalue weighted by molar-refractivity contribution is 6.99. The second kappa shape index (κ2) is 20.8. The van der Waals surface area contributed by atoms with Crippen molar-refractivity contribution in [2.24, 2.45) is 5.92 Å². The summed E-state index contributed by atoms with van der Waals surface area (Å²) in [4.78, 5) is 12.1. The van der Waals surface area contributed by atoms with Crippen molar-refractivity contribution in [2.45, 2.75) is 65.3 Å². The number of esters is 1. The van der Waals surface area contributed by atoms with Crippen molar-refractivity contribution in [3.8, 4) is 0 Å². The van der Waals surface area contributed by atoms with E-state index in [1.165, 1.54) is 10.4 Å². The third-order valence-corrected chi connectivity index (χ3v) is 12.3. The van der Waals surface area contributed by atoms with E-state index >= 15 is 0 Å². The number of benzene rings is 2. The van der Waals surface area contributed by atoms with E-state index in [4.69, 9.17) is 28.1 Å². The Balaban J connectivity index is 1.55. The molecule has 8 heteroatoms. The molecule has 2 rings (SSSR count). The summed E-state index contributed by atoms with van der Waals surface area (Å²) in [5, 5.41) is 2.48. The number of carbonyl (C=O) groups is 1. The van der Waals surface area contributed by atoms with Crippen molar-refractivity contribution in [3.05, 3.63) is 60.7 Å². The lowest BCUT2D eigenvalue weighted by molar-refractivity contribution is -0.150. The van der Waals surface area contributed by atoms with Gasteiger partial charge in [0.15, 0.2) is 0 Å². The molecular formula is C34H54O7Si. The highest BCUT2D eigenvalue weighted by atomic mass is 28.4. The topological polar surface area (TPSA) is 72.5 Å². The first-order valence-corrected chi connectivity index (χ1v) is 17.5. The van der Waals surface area contributed by atoms with Crippen molar-refractivity contribution in [2.75, 3.05) is 66.1 Å². The molecule has 2 aromatic carbocycles. The van der Waals surface area contributed by atoms with Crippen molar-refractivity contribution in [1.29, 1.82) is 0 Å². The van der Waals surface area contributed by atoms with E-state index in [0.29, 0.717) is 59.5 Å². The standard InChI is InChI=1S/C34H54O7Si/c1-6-8-15-30(7-2)33(35)40-28-26-38-24-22-36-20-21-37-23-25-39-27-29-41-42(34(3,4)5,31-16-11-9-12-17-31)32-18-13-10-14-19-32/h9-14,16-19,30H,6-8,15,20-29H2,1-5H3. The van der Waals surface area contributed by atoms with E-state index in [9.17, 15) is 4.79 Å². The molecule has 0 spiro atoms. The fourth-order valence-corrected chi connectivity index (χ4v) is 9.58. The molecule has 0 radical (unpaired) electrons. The Kier molecular flexibility index (Phi) is 17.9. The van der Waals surface area contributed by atoms with Crippen LogP contribution >= 0.6 is 0 Å². The molecule has 0 aromatic heterocycles. The molecule has 0 fully saturated rings. The molecule has 0 aliphatic rings. The van der Waals surface area contributed by atoms with Gasteiger partial charge in [-0.25, -0.2) is 0 Å². The Bertz CT molecular complexity index is 910. The Hall–Kier alpha value is -2.07. The van der Waals surface area contributed by atoms with Crippen molar-refractivity contribution in [1.82, 2.24) is 0 Å². The highest BCUT2D eigenvalue weighted by Crippen LogP contribution is 2.36. The van der Waals surface area contributed by atoms with Crippen LogP contribution in [0.25, 0.3) is 0 Å². The summed E-state index contributed by atoms with van der Waals surface area (Å²) >= 11 is 0. The average Bonchev–Trinajstić information content (AvgIpc) is 2.99. The molecular weight excluding hydrogens is 548 g/mol. The van der Waals surface area contributed by atoms with Gasteiger partial charge in [0.25, 0.3) is 8.32 Å². The van der Waals surface area contributed by atoms with E-state index in [1.807, 2.05) is 6.92 Å². The minimum Gasteiger partial charge on any atom is -0.463 e. The van der Waals surface area contributed by atoms with E-state index in [-0.39, 0.29) is 23.5 Å². The van der Waals surface area contributed by atoms with Gasteiger partial charge in [-0.2, -0.15) is 0 Å². The van der Waals surface area contributed by atoms with Crippen LogP contribution in [0, 0.1) is 5.92 Å². The van der Waals surface area contributed by atoms with Gasteiger partial charge in [0.2, 0.25) is 0 Å². The highest BCUT2D eigenvalue weighted by Gasteiger charge is 2.50. The van der Waals surface area contributed by atoms with Crippen LogP contribution in [0.4, 0.5) is 0 Å². The van der Waals surface area contributed by atoms with Crippen LogP contribution in [-0.4, -0.2) is 80.4 Å². The number of hydrogen-bond donors (Lipinski definition) is 0. The SMILES string of the molecule is CCCCC(CC)C(=O)OCCOCCOCCOCCOCCO[Si](c1ccccc1)(c1ccccc1)C(C)(C)C. The van der Waals surface area contributed by atoms with Crippen LogP contribution in [0.15, 0.2) is 60.7 Å². The van der Waals surface area contributed by atoms with Gasteiger partial charge in [-0.1, -0.05) is 108 Å². The zero-order valence-electron chi connectivity index (χ0n) is 26.6. The van der Waals surface area contributed by atoms with Crippen LogP contribution in [0.5, 0.6) is 0 Å². The molecule has 0 N–H and O–H groups in total. The maximum atomic E-state index is 12.1. The molecule has 0 bridgehead atoms. The minimum atomic E-state index is -2.53. The molecule has 236 valence electrons. The van der Waals surface area contributed by atoms with Crippen molar-refractivity contribution < 1.29 is 32.9 Å². The van der Waals surface area contributed by atoms with Crippen LogP contribution < -0.4 is 10.4 Å². The minimum absolute atomic E-state index is 0.000825. The second-order valence-electron chi connectivity index (χ2n) is 11.4. The second-order valence-corrected chi connectivity index (χ2v) is 15.7. The zero-order chi connectivity index (χ0) is 30.5. The first-order valence-electron chi connectivity index (χ1n) is 15.6. The fraction of sp³-hybridized carbons (Fsp3) is 0.618. The van der Waals surface area contributed by atoms with Gasteiger partial charge in [0.05, 0.1) is 65.4 Å². The number of ether oxygens (including phenoxy) is 5. The lowest BCUT2D eigenvalue weighted by Crippen LogP contribution is -2.66. The van der Waals surface area contributed by atoms with Gasteiger partial charge in [-0.15, -0.1) is 0 Å². The molecule has 0 saturated heterocycles. The zero-order valence-corrected chi connectivity index (χ0v) is 27.6. The summed E-state index contributed by atoms with van der Waals surface area (Å²) in [6.45, 7) is 15.6. The average molecular weight is 603 g/mol. The summed E-state index contributed by atoms with van der Waals surface area (Å²) in [6, 6.07) is 21.3. The van der Waals surface area contributed by atoms with Crippen LogP contribution in [0.2, 0.25) is 5.04 Å². The van der Waals surface area contributed by atoms with E-state index in [0.717, 1.165) is 25.7 Å². The number of hydrogen-bond acceptors (Lipinski definition) is 7. The maximum Gasteiger partial charge on any atom is 0.308 e. The lowest BCUT2D eigenvalue weighted by atomic mass is 10.00. The maximum absolute atomic E-state index is 12.1. The number of unbranched alkanes of at least 4 members (excludes halogenated alkanes) is 1. The predicted octanol–water partition coefficient (Wildman–Crippen LogP) is 5.39. The fourth-order valence-electron chi connectivity index (χ4n) is 5.04. The van der Waals surface area contributed by atoms with Gasteiger partial charge in [-0.05, 0) is 28.3 Å². The third kappa shape index (κ3) is 12.3. The van der Waals surface area contributed by atoms with Crippen LogP contribution in [-0.2, 0) is 32.9 Å². The van der Waals surface area contributed by atoms with Crippen molar-refractivity contribution in [3.63, 3.8) is 0 Å². The largest absolute Gasteiger partial charge is 0.463 e. The Labute approximate surface area is 255 Å². The molecule has 0 aliphatic heterocycles. The van der Waals surface area contributed by atoms with Crippen molar-refractivity contribution >= 4 is 24.7 Å². The Morgan fingerprint density at radius 3 is 1.50 bits per heavy atom. The van der Waals surface area contributed by atoms with Gasteiger partial charge in [0.1, 0.15) is 6.61 Å². The number of carbonyl (C=O) groups excluding carboxylic acids is 1. The van der Waals surface area contributed by atoms with Gasteiger partial charge < -0.3 is 28.1 Å². The lowest BCUT2D eigenvalue weighted by Gasteiger charge is -2.43. The van der Waals surface area contributed by atoms with Crippen LogP contribution in [0.3, 0.4) is 0 Å². The first-order chi connectivity index (χ1) is 20.4. The van der Waals surface area contributed by atoms with Gasteiger partial charge in [0, 0.05) is 0 Å². The molecule has 42 heavy (non-hydrogen) atoms. The van der Waals surface area contributed by atoms with E-state index in [1.54, 1.807) is 0 Å². The summed E-state index contributed by atoms with van der Waals surface area (Å²) in [6.07, 6.45) is 3.86. The summed E-state index contributed by atoms with van der Waals surface area (Å²) < 4.78 is 34.7. The van der Waals surface area contributed by atoms with E-state index in [2.05, 4.69) is 88.4 Å². The van der Waals surface area contributed by atoms with Gasteiger partial charge in [-0.3, -0.25) is 4.79 Å². The molecule has 0 saturated carbocycles. The quantitative estimate of drug-likeness (QED) is 0.0960. The first kappa shape index (κ1) is 36.1. The summed E-state index contributed by atoms with van der Waals surface area (Å²) in [7, 11) is -2.53. The molecule has 7 nitrogen and oxygen atoms in total. The number of rotatable bonds is 23. The molecule has 1 atom stereocenters. The normalized spacial score (nSPS) is 12.8. The summed E-state index contributed by atoms with van der Waals surface area (Å²) in [5.41, 5.74) is 0. The Morgan fingerprint density at radius 2 is 1.10 bits per heavy atom. The third-order valence-electron chi connectivity index (χ3n) is 7.28. The molecule has 0 aliphatic carbocycles. The predicted molar refractivity (Wildman–Crippen MR) is 171 cm³/mol. The molecule has 0 amide bonds. The van der Waals surface area contributed by atoms with Gasteiger partial charge >= 0.3 is 5.97 Å². The Morgan fingerprint density at radius 1 is 0.667 bits per heavy atom.